The Labute approximate surface area is 117 Å². The van der Waals surface area contributed by atoms with Crippen LogP contribution < -0.4 is 0 Å². The standard InChI is InChI=1S/C13H16Cl2N2O/c14-9-13(18)17-6-4-16(5-7-17)10-11-2-1-3-12(15)8-11/h1-3,8H,4-7,9-10H2. The van der Waals surface area contributed by atoms with Crippen molar-refractivity contribution in [2.24, 2.45) is 0 Å². The van der Waals surface area contributed by atoms with Crippen LogP contribution in [0.4, 0.5) is 0 Å². The van der Waals surface area contributed by atoms with Crippen molar-refractivity contribution in [2.45, 2.75) is 6.54 Å². The average Bonchev–Trinajstić information content (AvgIpc) is 2.39. The number of amides is 1. The number of piperazine rings is 1. The van der Waals surface area contributed by atoms with E-state index in [0.717, 1.165) is 37.7 Å². The fourth-order valence-corrected chi connectivity index (χ4v) is 2.52. The third-order valence-electron chi connectivity index (χ3n) is 3.13. The van der Waals surface area contributed by atoms with Gasteiger partial charge in [0.25, 0.3) is 0 Å². The molecule has 1 heterocycles. The molecule has 0 spiro atoms. The first-order valence-electron chi connectivity index (χ1n) is 5.99. The quantitative estimate of drug-likeness (QED) is 0.796. The van der Waals surface area contributed by atoms with Crippen molar-refractivity contribution in [3.63, 3.8) is 0 Å². The van der Waals surface area contributed by atoms with Gasteiger partial charge in [0, 0.05) is 37.7 Å². The highest BCUT2D eigenvalue weighted by Crippen LogP contribution is 2.14. The number of carbonyl (C=O) groups excluding carboxylic acids is 1. The Bertz CT molecular complexity index is 417. The van der Waals surface area contributed by atoms with Crippen molar-refractivity contribution in [3.05, 3.63) is 34.9 Å². The molecule has 2 rings (SSSR count). The first-order valence-corrected chi connectivity index (χ1v) is 6.91. The van der Waals surface area contributed by atoms with Crippen LogP contribution in [0.2, 0.25) is 5.02 Å². The molecule has 0 radical (unpaired) electrons. The Hall–Kier alpha value is -0.770. The summed E-state index contributed by atoms with van der Waals surface area (Å²) in [6.45, 7) is 4.16. The number of hydrogen-bond donors (Lipinski definition) is 0. The highest BCUT2D eigenvalue weighted by atomic mass is 35.5. The van der Waals surface area contributed by atoms with Gasteiger partial charge in [-0.25, -0.2) is 0 Å². The van der Waals surface area contributed by atoms with Crippen LogP contribution >= 0.6 is 23.2 Å². The summed E-state index contributed by atoms with van der Waals surface area (Å²) in [5.41, 5.74) is 1.21. The zero-order valence-corrected chi connectivity index (χ0v) is 11.6. The topological polar surface area (TPSA) is 23.6 Å². The van der Waals surface area contributed by atoms with Crippen molar-refractivity contribution < 1.29 is 4.79 Å². The van der Waals surface area contributed by atoms with Gasteiger partial charge in [-0.1, -0.05) is 23.7 Å². The summed E-state index contributed by atoms with van der Waals surface area (Å²) in [6.07, 6.45) is 0. The first-order chi connectivity index (χ1) is 8.69. The molecule has 1 aliphatic heterocycles. The molecule has 0 saturated carbocycles. The number of rotatable bonds is 3. The number of hydrogen-bond acceptors (Lipinski definition) is 2. The molecule has 1 aromatic carbocycles. The predicted molar refractivity (Wildman–Crippen MR) is 74.0 cm³/mol. The highest BCUT2D eigenvalue weighted by molar-refractivity contribution is 6.30. The highest BCUT2D eigenvalue weighted by Gasteiger charge is 2.20. The summed E-state index contributed by atoms with van der Waals surface area (Å²) in [4.78, 5) is 15.6. The second kappa shape index (κ2) is 6.41. The lowest BCUT2D eigenvalue weighted by molar-refractivity contribution is -0.130. The number of halogens is 2. The van der Waals surface area contributed by atoms with Crippen molar-refractivity contribution in [2.75, 3.05) is 32.1 Å². The molecular weight excluding hydrogens is 271 g/mol. The van der Waals surface area contributed by atoms with Gasteiger partial charge in [0.15, 0.2) is 0 Å². The normalized spacial score (nSPS) is 16.9. The second-order valence-corrected chi connectivity index (χ2v) is 5.12. The molecule has 1 saturated heterocycles. The largest absolute Gasteiger partial charge is 0.339 e. The monoisotopic (exact) mass is 286 g/mol. The molecule has 18 heavy (non-hydrogen) atoms. The Kier molecular flexibility index (Phi) is 4.87. The van der Waals surface area contributed by atoms with Crippen LogP contribution in [-0.2, 0) is 11.3 Å². The predicted octanol–water partition coefficient (Wildman–Crippen LogP) is 2.22. The minimum atomic E-state index is 0.0269. The van der Waals surface area contributed by atoms with Crippen molar-refractivity contribution in [3.8, 4) is 0 Å². The summed E-state index contributed by atoms with van der Waals surface area (Å²) in [5.74, 6) is 0.105. The Morgan fingerprint density at radius 1 is 1.22 bits per heavy atom. The molecule has 1 aromatic rings. The minimum Gasteiger partial charge on any atom is -0.339 e. The summed E-state index contributed by atoms with van der Waals surface area (Å²) < 4.78 is 0. The number of carbonyl (C=O) groups is 1. The maximum atomic E-state index is 11.4. The molecule has 0 aromatic heterocycles. The third-order valence-corrected chi connectivity index (χ3v) is 3.60. The molecule has 98 valence electrons. The van der Waals surface area contributed by atoms with E-state index >= 15 is 0 Å². The molecule has 3 nitrogen and oxygen atoms in total. The van der Waals surface area contributed by atoms with E-state index in [4.69, 9.17) is 23.2 Å². The summed E-state index contributed by atoms with van der Waals surface area (Å²) in [5, 5.41) is 0.767. The van der Waals surface area contributed by atoms with Crippen LogP contribution in [-0.4, -0.2) is 47.8 Å². The second-order valence-electron chi connectivity index (χ2n) is 4.42. The number of alkyl halides is 1. The zero-order chi connectivity index (χ0) is 13.0. The van der Waals surface area contributed by atoms with Gasteiger partial charge in [-0.05, 0) is 17.7 Å². The van der Waals surface area contributed by atoms with Crippen LogP contribution in [0.1, 0.15) is 5.56 Å². The van der Waals surface area contributed by atoms with E-state index in [1.54, 1.807) is 0 Å². The molecule has 0 N–H and O–H groups in total. The molecule has 0 bridgehead atoms. The molecule has 1 fully saturated rings. The Morgan fingerprint density at radius 2 is 1.94 bits per heavy atom. The van der Waals surface area contributed by atoms with Crippen LogP contribution in [0.3, 0.4) is 0 Å². The van der Waals surface area contributed by atoms with Crippen molar-refractivity contribution >= 4 is 29.1 Å². The van der Waals surface area contributed by atoms with Gasteiger partial charge < -0.3 is 4.90 Å². The lowest BCUT2D eigenvalue weighted by atomic mass is 10.2. The Morgan fingerprint density at radius 3 is 2.56 bits per heavy atom. The van der Waals surface area contributed by atoms with Gasteiger partial charge >= 0.3 is 0 Å². The molecular formula is C13H16Cl2N2O. The minimum absolute atomic E-state index is 0.0269. The van der Waals surface area contributed by atoms with E-state index in [9.17, 15) is 4.79 Å². The van der Waals surface area contributed by atoms with Crippen molar-refractivity contribution in [1.29, 1.82) is 0 Å². The van der Waals surface area contributed by atoms with E-state index in [-0.39, 0.29) is 11.8 Å². The maximum Gasteiger partial charge on any atom is 0.237 e. The SMILES string of the molecule is O=C(CCl)N1CCN(Cc2cccc(Cl)c2)CC1. The van der Waals surface area contributed by atoms with Gasteiger partial charge in [-0.3, -0.25) is 9.69 Å². The summed E-state index contributed by atoms with van der Waals surface area (Å²) in [6, 6.07) is 7.90. The third kappa shape index (κ3) is 3.61. The molecule has 5 heteroatoms. The van der Waals surface area contributed by atoms with Gasteiger partial charge in [0.05, 0.1) is 0 Å². The smallest absolute Gasteiger partial charge is 0.237 e. The maximum absolute atomic E-state index is 11.4. The van der Waals surface area contributed by atoms with Crippen LogP contribution in [0.25, 0.3) is 0 Å². The van der Waals surface area contributed by atoms with Crippen molar-refractivity contribution in [1.82, 2.24) is 9.80 Å². The fraction of sp³-hybridized carbons (Fsp3) is 0.462. The summed E-state index contributed by atoms with van der Waals surface area (Å²) >= 11 is 11.5. The lowest BCUT2D eigenvalue weighted by Gasteiger charge is -2.34. The van der Waals surface area contributed by atoms with E-state index < -0.39 is 0 Å². The lowest BCUT2D eigenvalue weighted by Crippen LogP contribution is -2.48. The molecule has 1 aliphatic rings. The molecule has 0 atom stereocenters. The van der Waals surface area contributed by atoms with Gasteiger partial charge in [0.2, 0.25) is 5.91 Å². The zero-order valence-electron chi connectivity index (χ0n) is 10.1. The van der Waals surface area contributed by atoms with Gasteiger partial charge in [-0.2, -0.15) is 0 Å². The first kappa shape index (κ1) is 13.7. The van der Waals surface area contributed by atoms with Gasteiger partial charge in [0.1, 0.15) is 5.88 Å². The number of nitrogens with zero attached hydrogens (tertiary/aromatic N) is 2. The molecule has 0 unspecified atom stereocenters. The van der Waals surface area contributed by atoms with Crippen LogP contribution in [0, 0.1) is 0 Å². The van der Waals surface area contributed by atoms with Gasteiger partial charge in [-0.15, -0.1) is 11.6 Å². The average molecular weight is 287 g/mol. The van der Waals surface area contributed by atoms with E-state index in [0.29, 0.717) is 0 Å². The van der Waals surface area contributed by atoms with E-state index in [2.05, 4.69) is 11.0 Å². The summed E-state index contributed by atoms with van der Waals surface area (Å²) in [7, 11) is 0. The van der Waals surface area contributed by atoms with E-state index in [1.807, 2.05) is 23.1 Å². The molecule has 1 amide bonds. The van der Waals surface area contributed by atoms with E-state index in [1.165, 1.54) is 5.56 Å². The molecule has 0 aliphatic carbocycles. The van der Waals surface area contributed by atoms with Crippen LogP contribution in [0.5, 0.6) is 0 Å². The number of benzene rings is 1. The fourth-order valence-electron chi connectivity index (χ4n) is 2.13. The van der Waals surface area contributed by atoms with Crippen LogP contribution in [0.15, 0.2) is 24.3 Å². The Balaban J connectivity index is 1.85.